The topological polar surface area (TPSA) is 355 Å². The van der Waals surface area contributed by atoms with Crippen molar-refractivity contribution in [3.05, 3.63) is 45.5 Å². The third-order valence-electron chi connectivity index (χ3n) is 7.59. The molecule has 4 atom stereocenters. The molecule has 2 aliphatic rings. The minimum atomic E-state index is -4.69. The smallest absolute Gasteiger partial charge is 0.388 e. The summed E-state index contributed by atoms with van der Waals surface area (Å²) < 4.78 is 45.3. The highest BCUT2D eigenvalue weighted by molar-refractivity contribution is 7.46. The molecule has 4 heterocycles. The SMILES string of the molecule is O=C(CCC(=O)O[O+](CCO)OC(=O)CCC(=O)Nc1ccn(C2CCC(COP(=O)(O)O)O2)c(=O)n1)Nc1ccn(C2CCC(COP(=O)(O)O)O2)c(=O)n1. The number of nitrogens with one attached hydrogen (secondary N) is 2. The number of ether oxygens (including phenoxy) is 2. The number of phosphoric acid groups is 2. The van der Waals surface area contributed by atoms with Gasteiger partial charge in [-0.15, -0.1) is 9.78 Å². The number of phosphoric ester groups is 2. The standard InChI is InChI=1S/C28H38N6O20P2/c35-13-14-54(52-25(38)7-3-21(36)29-19-9-11-33(27(40)31-19)23-5-1-17(50-23)15-48-55(42,43)44)53-26(39)8-4-22(37)30-20-10-12-34(28(41)32-20)24-6-2-18(51-24)16-49-56(45,46)47/h9-12,17-18,23-24,35H,1-8,13-16H2,(H5-,29,30,31,32,36,37,40,41,42,43,44,45,46,47)/p+1. The van der Waals surface area contributed by atoms with Gasteiger partial charge in [0.1, 0.15) is 30.7 Å². The van der Waals surface area contributed by atoms with E-state index in [1.807, 2.05) is 0 Å². The number of anilines is 2. The average molecular weight is 842 g/mol. The fourth-order valence-electron chi connectivity index (χ4n) is 5.10. The number of rotatable bonds is 20. The molecule has 28 heteroatoms. The molecule has 2 aromatic rings. The van der Waals surface area contributed by atoms with E-state index < -0.39 is 114 Å². The van der Waals surface area contributed by atoms with Crippen LogP contribution in [0, 0.1) is 0 Å². The van der Waals surface area contributed by atoms with E-state index in [1.54, 1.807) is 0 Å². The minimum Gasteiger partial charge on any atom is -0.388 e. The second-order valence-electron chi connectivity index (χ2n) is 11.9. The third kappa shape index (κ3) is 15.0. The predicted octanol–water partition coefficient (Wildman–Crippen LogP) is -1.03. The van der Waals surface area contributed by atoms with Gasteiger partial charge in [0, 0.05) is 29.9 Å². The van der Waals surface area contributed by atoms with Gasteiger partial charge in [-0.3, -0.25) is 27.8 Å². The average Bonchev–Trinajstić information content (AvgIpc) is 3.78. The zero-order chi connectivity index (χ0) is 41.0. The number of hydrogen-bond acceptors (Lipinski definition) is 17. The van der Waals surface area contributed by atoms with Crippen LogP contribution in [0.4, 0.5) is 11.6 Å². The molecule has 4 unspecified atom stereocenters. The largest absolute Gasteiger partial charge is 0.469 e. The molecule has 4 rings (SSSR count). The lowest BCUT2D eigenvalue weighted by molar-refractivity contribution is -0.609. The van der Waals surface area contributed by atoms with Gasteiger partial charge >= 0.3 is 39.0 Å². The zero-order valence-electron chi connectivity index (χ0n) is 29.1. The second kappa shape index (κ2) is 20.2. The van der Waals surface area contributed by atoms with E-state index in [0.717, 1.165) is 9.13 Å². The maximum atomic E-state index is 12.5. The molecule has 2 aromatic heterocycles. The van der Waals surface area contributed by atoms with Crippen LogP contribution in [0.15, 0.2) is 34.1 Å². The van der Waals surface area contributed by atoms with E-state index in [-0.39, 0.29) is 24.8 Å². The molecular formula is C28H39N6O20P2+. The van der Waals surface area contributed by atoms with Crippen LogP contribution in [0.25, 0.3) is 0 Å². The molecule has 2 saturated heterocycles. The lowest BCUT2D eigenvalue weighted by atomic mass is 10.2. The monoisotopic (exact) mass is 841 g/mol. The summed E-state index contributed by atoms with van der Waals surface area (Å²) in [5.74, 6) is -3.98. The fourth-order valence-corrected chi connectivity index (χ4v) is 5.82. The van der Waals surface area contributed by atoms with Gasteiger partial charge in [0.05, 0.1) is 38.3 Å². The van der Waals surface area contributed by atoms with Crippen LogP contribution in [0.2, 0.25) is 0 Å². The molecule has 0 spiro atoms. The van der Waals surface area contributed by atoms with Crippen molar-refractivity contribution < 1.29 is 86.0 Å². The summed E-state index contributed by atoms with van der Waals surface area (Å²) in [6.45, 7) is -2.00. The van der Waals surface area contributed by atoms with E-state index in [2.05, 4.69) is 29.6 Å². The minimum absolute atomic E-state index is 0.151. The first-order chi connectivity index (χ1) is 26.4. The first-order valence-corrected chi connectivity index (χ1v) is 19.7. The first-order valence-electron chi connectivity index (χ1n) is 16.6. The van der Waals surface area contributed by atoms with Crippen LogP contribution < -0.4 is 22.0 Å². The molecule has 56 heavy (non-hydrogen) atoms. The van der Waals surface area contributed by atoms with Gasteiger partial charge in [0.15, 0.2) is 0 Å². The Bertz CT molecular complexity index is 1800. The molecule has 0 bridgehead atoms. The van der Waals surface area contributed by atoms with Crippen LogP contribution in [0.5, 0.6) is 0 Å². The van der Waals surface area contributed by atoms with Gasteiger partial charge < -0.3 is 44.8 Å². The predicted molar refractivity (Wildman–Crippen MR) is 180 cm³/mol. The van der Waals surface area contributed by atoms with Crippen LogP contribution in [-0.2, 0) is 61.3 Å². The Morgan fingerprint density at radius 3 is 1.50 bits per heavy atom. The fraction of sp³-hybridized carbons (Fsp3) is 0.571. The van der Waals surface area contributed by atoms with Gasteiger partial charge in [-0.25, -0.2) is 28.3 Å². The lowest BCUT2D eigenvalue weighted by Crippen LogP contribution is -2.29. The summed E-state index contributed by atoms with van der Waals surface area (Å²) in [5, 5.41) is 13.9. The highest BCUT2D eigenvalue weighted by Gasteiger charge is 2.32. The van der Waals surface area contributed by atoms with Gasteiger partial charge in [-0.2, -0.15) is 9.97 Å². The van der Waals surface area contributed by atoms with Gasteiger partial charge in [0.2, 0.25) is 11.8 Å². The molecule has 0 saturated carbocycles. The summed E-state index contributed by atoms with van der Waals surface area (Å²) in [4.78, 5) is 127. The Morgan fingerprint density at radius 1 is 0.732 bits per heavy atom. The Hall–Kier alpha value is -4.30. The van der Waals surface area contributed by atoms with Gasteiger partial charge in [0.25, 0.3) is 6.61 Å². The quantitative estimate of drug-likeness (QED) is 0.0363. The highest BCUT2D eigenvalue weighted by atomic mass is 31.2. The first kappa shape index (κ1) is 44.4. The molecule has 0 aliphatic carbocycles. The Labute approximate surface area is 314 Å². The highest BCUT2D eigenvalue weighted by Crippen LogP contribution is 2.39. The van der Waals surface area contributed by atoms with Crippen molar-refractivity contribution in [1.29, 1.82) is 0 Å². The van der Waals surface area contributed by atoms with Crippen LogP contribution in [0.1, 0.15) is 63.8 Å². The second-order valence-corrected chi connectivity index (χ2v) is 14.4. The van der Waals surface area contributed by atoms with E-state index in [4.69, 9.17) is 38.8 Å². The molecule has 2 fully saturated rings. The van der Waals surface area contributed by atoms with Crippen molar-refractivity contribution in [2.45, 2.75) is 76.0 Å². The molecule has 0 aromatic carbocycles. The molecule has 2 aliphatic heterocycles. The van der Waals surface area contributed by atoms with E-state index in [9.17, 15) is 43.0 Å². The van der Waals surface area contributed by atoms with Crippen molar-refractivity contribution in [2.24, 2.45) is 0 Å². The molecule has 7 N–H and O–H groups in total. The number of amides is 2. The number of carbonyl (C=O) groups excluding carboxylic acids is 4. The van der Waals surface area contributed by atoms with E-state index >= 15 is 0 Å². The zero-order valence-corrected chi connectivity index (χ0v) is 30.9. The maximum absolute atomic E-state index is 12.5. The lowest BCUT2D eigenvalue weighted by Gasteiger charge is -2.16. The summed E-state index contributed by atoms with van der Waals surface area (Å²) in [7, 11) is -9.38. The normalized spacial score (nSPS) is 19.8. The van der Waals surface area contributed by atoms with Crippen LogP contribution in [0.3, 0.4) is 0 Å². The maximum Gasteiger partial charge on any atom is 0.469 e. The Kier molecular flexibility index (Phi) is 16.0. The number of nitrogens with zero attached hydrogens (tertiary/aromatic N) is 4. The molecule has 310 valence electrons. The van der Waals surface area contributed by atoms with Crippen LogP contribution in [-0.4, -0.2) is 106 Å². The summed E-state index contributed by atoms with van der Waals surface area (Å²) >= 11 is 0. The van der Waals surface area contributed by atoms with E-state index in [1.165, 1.54) is 29.2 Å². The van der Waals surface area contributed by atoms with Crippen molar-refractivity contribution in [1.82, 2.24) is 19.1 Å². The molecule has 26 nitrogen and oxygen atoms in total. The van der Waals surface area contributed by atoms with Crippen molar-refractivity contribution in [2.75, 3.05) is 37.1 Å². The number of carbonyl (C=O) groups is 4. The number of aromatic nitrogens is 4. The Morgan fingerprint density at radius 2 is 1.14 bits per heavy atom. The molecular weight excluding hydrogens is 802 g/mol. The number of hydrogen-bond donors (Lipinski definition) is 7. The van der Waals surface area contributed by atoms with Gasteiger partial charge in [-0.1, -0.05) is 0 Å². The Balaban J connectivity index is 1.15. The summed E-state index contributed by atoms with van der Waals surface area (Å²) in [5.41, 5.74) is -1.60. The third-order valence-corrected chi connectivity index (χ3v) is 8.56. The molecule has 0 radical (unpaired) electrons. The van der Waals surface area contributed by atoms with Crippen molar-refractivity contribution in [3.8, 4) is 0 Å². The van der Waals surface area contributed by atoms with Gasteiger partial charge in [-0.05, 0) is 37.8 Å². The summed E-state index contributed by atoms with van der Waals surface area (Å²) in [6.07, 6.45) is -1.06. The molecule has 2 amide bonds. The number of aliphatic hydroxyl groups is 1. The number of aliphatic hydroxyl groups excluding tert-OH is 1. The summed E-state index contributed by atoms with van der Waals surface area (Å²) in [6, 6.07) is 2.57. The van der Waals surface area contributed by atoms with Crippen LogP contribution >= 0.6 is 15.6 Å². The van der Waals surface area contributed by atoms with Crippen molar-refractivity contribution in [3.63, 3.8) is 0 Å². The van der Waals surface area contributed by atoms with Crippen molar-refractivity contribution >= 4 is 51.0 Å². The van der Waals surface area contributed by atoms with E-state index in [0.29, 0.717) is 25.7 Å².